The van der Waals surface area contributed by atoms with E-state index in [4.69, 9.17) is 9.05 Å². The van der Waals surface area contributed by atoms with E-state index in [1.807, 2.05) is 26.0 Å². The van der Waals surface area contributed by atoms with Crippen LogP contribution in [0, 0.1) is 0 Å². The van der Waals surface area contributed by atoms with Crippen molar-refractivity contribution in [1.82, 2.24) is 0 Å². The molecule has 0 aliphatic rings. The molecular weight excluding hydrogens is 323 g/mol. The molecule has 0 aliphatic heterocycles. The van der Waals surface area contributed by atoms with Gasteiger partial charge in [-0.25, -0.2) is 4.57 Å². The lowest BCUT2D eigenvalue weighted by atomic mass is 10.3. The van der Waals surface area contributed by atoms with Gasteiger partial charge in [0.15, 0.2) is 0 Å². The fraction of sp³-hybridized carbons (Fsp3) is 0.455. The highest BCUT2D eigenvalue weighted by molar-refractivity contribution is 9.10. The first-order valence-corrected chi connectivity index (χ1v) is 9.36. The van der Waals surface area contributed by atoms with Crippen LogP contribution in [-0.4, -0.2) is 12.4 Å². The van der Waals surface area contributed by atoms with Gasteiger partial charge in [0.2, 0.25) is 0 Å². The monoisotopic (exact) mass is 338 g/mol. The number of benzene rings is 1. The van der Waals surface area contributed by atoms with Gasteiger partial charge in [0.25, 0.3) is 0 Å². The quantitative estimate of drug-likeness (QED) is 0.646. The summed E-state index contributed by atoms with van der Waals surface area (Å²) in [4.78, 5) is 0. The first-order valence-electron chi connectivity index (χ1n) is 5.44. The van der Waals surface area contributed by atoms with Crippen LogP contribution < -0.4 is 4.52 Å². The van der Waals surface area contributed by atoms with Crippen LogP contribution in [0.3, 0.4) is 0 Å². The number of hydrogen-bond acceptors (Lipinski definition) is 4. The molecule has 0 saturated heterocycles. The molecule has 3 nitrogen and oxygen atoms in total. The number of hydrogen-bond donors (Lipinski definition) is 0. The zero-order valence-electron chi connectivity index (χ0n) is 9.89. The van der Waals surface area contributed by atoms with E-state index in [-0.39, 0.29) is 0 Å². The molecule has 0 heterocycles. The van der Waals surface area contributed by atoms with Crippen LogP contribution in [-0.2, 0) is 9.09 Å². The van der Waals surface area contributed by atoms with Gasteiger partial charge >= 0.3 is 6.80 Å². The van der Waals surface area contributed by atoms with Crippen molar-refractivity contribution >= 4 is 34.1 Å². The zero-order valence-corrected chi connectivity index (χ0v) is 13.2. The van der Waals surface area contributed by atoms with E-state index in [1.165, 1.54) is 11.4 Å². The van der Waals surface area contributed by atoms with Crippen molar-refractivity contribution in [1.29, 1.82) is 0 Å². The zero-order chi connectivity index (χ0) is 12.7. The minimum Gasteiger partial charge on any atom is -0.417 e. The topological polar surface area (TPSA) is 35.5 Å². The summed E-state index contributed by atoms with van der Waals surface area (Å²) in [5.74, 6) is 1.32. The molecule has 1 aromatic carbocycles. The summed E-state index contributed by atoms with van der Waals surface area (Å²) in [6, 6.07) is 7.22. The Kier molecular flexibility index (Phi) is 6.63. The van der Waals surface area contributed by atoms with Crippen molar-refractivity contribution in [3.05, 3.63) is 28.7 Å². The Morgan fingerprint density at radius 1 is 1.29 bits per heavy atom. The van der Waals surface area contributed by atoms with Crippen molar-refractivity contribution in [2.45, 2.75) is 20.3 Å². The molecule has 0 N–H and O–H groups in total. The van der Waals surface area contributed by atoms with Gasteiger partial charge in [0.05, 0.1) is 6.61 Å². The maximum Gasteiger partial charge on any atom is 0.440 e. The van der Waals surface area contributed by atoms with Crippen molar-refractivity contribution in [3.63, 3.8) is 0 Å². The Balaban J connectivity index is 2.71. The summed E-state index contributed by atoms with van der Waals surface area (Å²) in [5.41, 5.74) is 0. The highest BCUT2D eigenvalue weighted by Gasteiger charge is 2.26. The van der Waals surface area contributed by atoms with Crippen molar-refractivity contribution in [2.75, 3.05) is 12.4 Å². The molecule has 0 aromatic heterocycles. The summed E-state index contributed by atoms with van der Waals surface area (Å²) in [6.07, 6.45) is 0.936. The largest absolute Gasteiger partial charge is 0.440 e. The van der Waals surface area contributed by atoms with Crippen LogP contribution in [0.2, 0.25) is 0 Å². The highest BCUT2D eigenvalue weighted by atomic mass is 79.9. The minimum absolute atomic E-state index is 0.379. The Morgan fingerprint density at radius 3 is 2.47 bits per heavy atom. The van der Waals surface area contributed by atoms with E-state index < -0.39 is 6.80 Å². The Morgan fingerprint density at radius 2 is 1.94 bits per heavy atom. The van der Waals surface area contributed by atoms with E-state index in [9.17, 15) is 4.57 Å². The van der Waals surface area contributed by atoms with Crippen LogP contribution in [0.1, 0.15) is 20.3 Å². The molecule has 0 spiro atoms. The standard InChI is InChI=1S/C11H16BrO3PS/c1-3-9-17-16(13,14-4-2)15-11-7-5-10(12)6-8-11/h5-8H,3-4,9H2,1-2H3. The Hall–Kier alpha value is 0.0400. The molecule has 0 fully saturated rings. The molecule has 0 aliphatic carbocycles. The van der Waals surface area contributed by atoms with Gasteiger partial charge in [0, 0.05) is 10.2 Å². The third kappa shape index (κ3) is 5.47. The van der Waals surface area contributed by atoms with Gasteiger partial charge in [0.1, 0.15) is 5.75 Å². The summed E-state index contributed by atoms with van der Waals surface area (Å²) < 4.78 is 24.0. The smallest absolute Gasteiger partial charge is 0.417 e. The summed E-state index contributed by atoms with van der Waals surface area (Å²) in [6.45, 7) is 1.15. The number of rotatable bonds is 7. The molecule has 1 aromatic rings. The van der Waals surface area contributed by atoms with Crippen molar-refractivity contribution in [2.24, 2.45) is 0 Å². The molecule has 6 heteroatoms. The van der Waals surface area contributed by atoms with E-state index in [2.05, 4.69) is 15.9 Å². The SMILES string of the molecule is CCCSP(=O)(OCC)Oc1ccc(Br)cc1. The third-order valence-electron chi connectivity index (χ3n) is 1.77. The van der Waals surface area contributed by atoms with Gasteiger partial charge in [-0.05, 0) is 49.0 Å². The lowest BCUT2D eigenvalue weighted by Gasteiger charge is -2.17. The lowest BCUT2D eigenvalue weighted by molar-refractivity contribution is 0.296. The fourth-order valence-electron chi connectivity index (χ4n) is 1.08. The van der Waals surface area contributed by atoms with E-state index in [1.54, 1.807) is 12.1 Å². The van der Waals surface area contributed by atoms with Gasteiger partial charge in [-0.15, -0.1) is 0 Å². The van der Waals surface area contributed by atoms with Crippen molar-refractivity contribution < 1.29 is 13.6 Å². The summed E-state index contributed by atoms with van der Waals surface area (Å²) in [5, 5.41) is 0. The normalized spacial score (nSPS) is 14.3. The summed E-state index contributed by atoms with van der Waals surface area (Å²) in [7, 11) is 0. The lowest BCUT2D eigenvalue weighted by Crippen LogP contribution is -1.96. The first-order chi connectivity index (χ1) is 8.09. The molecule has 0 saturated carbocycles. The first kappa shape index (κ1) is 15.1. The molecule has 17 heavy (non-hydrogen) atoms. The predicted octanol–water partition coefficient (Wildman–Crippen LogP) is 5.12. The molecule has 1 unspecified atom stereocenters. The van der Waals surface area contributed by atoms with Crippen LogP contribution in [0.25, 0.3) is 0 Å². The van der Waals surface area contributed by atoms with Crippen molar-refractivity contribution in [3.8, 4) is 5.75 Å². The second-order valence-corrected chi connectivity index (χ2v) is 8.28. The Labute approximate surface area is 115 Å². The fourth-order valence-corrected chi connectivity index (χ4v) is 4.80. The van der Waals surface area contributed by atoms with E-state index in [0.717, 1.165) is 16.6 Å². The van der Waals surface area contributed by atoms with E-state index >= 15 is 0 Å². The average molecular weight is 339 g/mol. The van der Waals surface area contributed by atoms with Gasteiger partial charge < -0.3 is 4.52 Å². The maximum absolute atomic E-state index is 12.3. The summed E-state index contributed by atoms with van der Waals surface area (Å²) >= 11 is 4.58. The second kappa shape index (κ2) is 7.47. The Bertz CT molecular complexity index is 383. The molecule has 1 rings (SSSR count). The van der Waals surface area contributed by atoms with Gasteiger partial charge in [-0.3, -0.25) is 4.52 Å². The molecule has 96 valence electrons. The second-order valence-electron chi connectivity index (χ2n) is 3.24. The predicted molar refractivity (Wildman–Crippen MR) is 76.8 cm³/mol. The van der Waals surface area contributed by atoms with E-state index in [0.29, 0.717) is 12.4 Å². The molecule has 0 amide bonds. The highest BCUT2D eigenvalue weighted by Crippen LogP contribution is 2.60. The minimum atomic E-state index is -3.07. The molecular formula is C11H16BrO3PS. The van der Waals surface area contributed by atoms with Crippen LogP contribution in [0.5, 0.6) is 5.75 Å². The van der Waals surface area contributed by atoms with Gasteiger partial charge in [-0.1, -0.05) is 22.9 Å². The number of halogens is 1. The molecule has 0 radical (unpaired) electrons. The van der Waals surface area contributed by atoms with Crippen LogP contribution in [0.4, 0.5) is 0 Å². The maximum atomic E-state index is 12.3. The average Bonchev–Trinajstić information content (AvgIpc) is 2.30. The van der Waals surface area contributed by atoms with Crippen LogP contribution >= 0.6 is 34.1 Å². The molecule has 0 bridgehead atoms. The molecule has 1 atom stereocenters. The third-order valence-corrected chi connectivity index (χ3v) is 6.25. The van der Waals surface area contributed by atoms with Crippen LogP contribution in [0.15, 0.2) is 28.7 Å². The van der Waals surface area contributed by atoms with Gasteiger partial charge in [-0.2, -0.15) is 0 Å².